The Kier molecular flexibility index (Phi) is 3.32. The molecule has 2 rings (SSSR count). The first-order valence-corrected chi connectivity index (χ1v) is 5.44. The third kappa shape index (κ3) is 2.67. The molecule has 0 aliphatic heterocycles. The number of aromatic nitrogens is 2. The van der Waals surface area contributed by atoms with Crippen molar-refractivity contribution in [2.24, 2.45) is 0 Å². The number of anilines is 1. The van der Waals surface area contributed by atoms with Gasteiger partial charge in [0, 0.05) is 6.04 Å². The maximum Gasteiger partial charge on any atom is 0.158 e. The molecule has 16 heavy (non-hydrogen) atoms. The van der Waals surface area contributed by atoms with Gasteiger partial charge in [0.1, 0.15) is 11.9 Å². The van der Waals surface area contributed by atoms with Gasteiger partial charge in [0.2, 0.25) is 0 Å². The van der Waals surface area contributed by atoms with Gasteiger partial charge in [-0.2, -0.15) is 5.26 Å². The van der Waals surface area contributed by atoms with Crippen molar-refractivity contribution in [2.45, 2.75) is 37.8 Å². The van der Waals surface area contributed by atoms with Crippen LogP contribution in [0.2, 0.25) is 0 Å². The number of aliphatic hydroxyl groups excluding tert-OH is 1. The quantitative estimate of drug-likeness (QED) is 0.775. The molecule has 1 saturated carbocycles. The SMILES string of the molecule is N#Cc1cnc(NC2CCC(O)CC2)cn1. The summed E-state index contributed by atoms with van der Waals surface area (Å²) in [7, 11) is 0. The Bertz CT molecular complexity index is 376. The standard InChI is InChI=1S/C11H14N4O/c12-5-9-6-14-11(7-13-9)15-8-1-3-10(16)4-2-8/h6-8,10,16H,1-4H2,(H,14,15). The summed E-state index contributed by atoms with van der Waals surface area (Å²) in [5.74, 6) is 0.695. The summed E-state index contributed by atoms with van der Waals surface area (Å²) in [4.78, 5) is 8.05. The maximum atomic E-state index is 9.37. The Labute approximate surface area is 94.2 Å². The highest BCUT2D eigenvalue weighted by Gasteiger charge is 2.19. The summed E-state index contributed by atoms with van der Waals surface area (Å²) >= 11 is 0. The summed E-state index contributed by atoms with van der Waals surface area (Å²) in [6.07, 6.45) is 6.45. The molecule has 0 unspecified atom stereocenters. The number of hydrogen-bond acceptors (Lipinski definition) is 5. The molecule has 1 heterocycles. The molecule has 0 saturated heterocycles. The molecule has 1 aliphatic carbocycles. The zero-order valence-corrected chi connectivity index (χ0v) is 8.93. The Morgan fingerprint density at radius 2 is 2.00 bits per heavy atom. The second-order valence-corrected chi connectivity index (χ2v) is 4.05. The van der Waals surface area contributed by atoms with Crippen molar-refractivity contribution in [2.75, 3.05) is 5.32 Å². The van der Waals surface area contributed by atoms with Gasteiger partial charge in [-0.05, 0) is 25.7 Å². The van der Waals surface area contributed by atoms with Gasteiger partial charge in [-0.25, -0.2) is 9.97 Å². The maximum absolute atomic E-state index is 9.37. The van der Waals surface area contributed by atoms with Crippen LogP contribution < -0.4 is 5.32 Å². The highest BCUT2D eigenvalue weighted by Crippen LogP contribution is 2.20. The van der Waals surface area contributed by atoms with Gasteiger partial charge in [-0.15, -0.1) is 0 Å². The topological polar surface area (TPSA) is 81.8 Å². The molecule has 0 aromatic carbocycles. The second kappa shape index (κ2) is 4.90. The van der Waals surface area contributed by atoms with E-state index in [1.54, 1.807) is 6.20 Å². The van der Waals surface area contributed by atoms with E-state index < -0.39 is 0 Å². The van der Waals surface area contributed by atoms with Gasteiger partial charge in [0.05, 0.1) is 18.5 Å². The van der Waals surface area contributed by atoms with Gasteiger partial charge in [-0.3, -0.25) is 0 Å². The lowest BCUT2D eigenvalue weighted by atomic mass is 9.93. The Morgan fingerprint density at radius 1 is 1.25 bits per heavy atom. The minimum Gasteiger partial charge on any atom is -0.393 e. The van der Waals surface area contributed by atoms with Crippen LogP contribution in [0.5, 0.6) is 0 Å². The fraction of sp³-hybridized carbons (Fsp3) is 0.545. The first-order valence-electron chi connectivity index (χ1n) is 5.44. The van der Waals surface area contributed by atoms with E-state index in [2.05, 4.69) is 15.3 Å². The molecule has 1 aromatic heterocycles. The van der Waals surface area contributed by atoms with E-state index in [4.69, 9.17) is 5.26 Å². The summed E-state index contributed by atoms with van der Waals surface area (Å²) in [6, 6.07) is 2.28. The van der Waals surface area contributed by atoms with Gasteiger partial charge in [0.25, 0.3) is 0 Å². The molecule has 1 fully saturated rings. The monoisotopic (exact) mass is 218 g/mol. The zero-order valence-electron chi connectivity index (χ0n) is 8.93. The minimum absolute atomic E-state index is 0.148. The van der Waals surface area contributed by atoms with Crippen molar-refractivity contribution in [3.8, 4) is 6.07 Å². The molecule has 0 atom stereocenters. The fourth-order valence-electron chi connectivity index (χ4n) is 1.89. The summed E-state index contributed by atoms with van der Waals surface area (Å²) in [5, 5.41) is 21.2. The van der Waals surface area contributed by atoms with Crippen LogP contribution in [0.3, 0.4) is 0 Å². The Hall–Kier alpha value is -1.67. The highest BCUT2D eigenvalue weighted by molar-refractivity contribution is 5.34. The van der Waals surface area contributed by atoms with Gasteiger partial charge in [0.15, 0.2) is 5.69 Å². The van der Waals surface area contributed by atoms with E-state index >= 15 is 0 Å². The van der Waals surface area contributed by atoms with Crippen molar-refractivity contribution in [3.05, 3.63) is 18.1 Å². The smallest absolute Gasteiger partial charge is 0.158 e. The van der Waals surface area contributed by atoms with Gasteiger partial charge < -0.3 is 10.4 Å². The van der Waals surface area contributed by atoms with Crippen molar-refractivity contribution in [1.82, 2.24) is 9.97 Å². The lowest BCUT2D eigenvalue weighted by Crippen LogP contribution is -2.28. The van der Waals surface area contributed by atoms with E-state index in [-0.39, 0.29) is 6.10 Å². The minimum atomic E-state index is -0.148. The average molecular weight is 218 g/mol. The predicted molar refractivity (Wildman–Crippen MR) is 58.6 cm³/mol. The van der Waals surface area contributed by atoms with Crippen LogP contribution in [0.4, 0.5) is 5.82 Å². The lowest BCUT2D eigenvalue weighted by Gasteiger charge is -2.26. The molecule has 5 nitrogen and oxygen atoms in total. The number of nitriles is 1. The van der Waals surface area contributed by atoms with Crippen molar-refractivity contribution < 1.29 is 5.11 Å². The first kappa shape index (κ1) is 10.8. The second-order valence-electron chi connectivity index (χ2n) is 4.05. The highest BCUT2D eigenvalue weighted by atomic mass is 16.3. The van der Waals surface area contributed by atoms with E-state index in [1.165, 1.54) is 6.20 Å². The molecular formula is C11H14N4O. The molecule has 0 bridgehead atoms. The fourth-order valence-corrected chi connectivity index (χ4v) is 1.89. The van der Waals surface area contributed by atoms with Crippen molar-refractivity contribution in [3.63, 3.8) is 0 Å². The van der Waals surface area contributed by atoms with Crippen LogP contribution in [0.1, 0.15) is 31.4 Å². The van der Waals surface area contributed by atoms with Gasteiger partial charge >= 0.3 is 0 Å². The van der Waals surface area contributed by atoms with Crippen LogP contribution in [-0.2, 0) is 0 Å². The Morgan fingerprint density at radius 3 is 2.56 bits per heavy atom. The first-order chi connectivity index (χ1) is 7.78. The predicted octanol–water partition coefficient (Wildman–Crippen LogP) is 1.06. The summed E-state index contributed by atoms with van der Waals surface area (Å²) < 4.78 is 0. The Balaban J connectivity index is 1.91. The van der Waals surface area contributed by atoms with E-state index in [0.717, 1.165) is 25.7 Å². The number of rotatable bonds is 2. The van der Waals surface area contributed by atoms with Crippen LogP contribution in [0, 0.1) is 11.3 Å². The van der Waals surface area contributed by atoms with Crippen LogP contribution in [-0.4, -0.2) is 27.2 Å². The van der Waals surface area contributed by atoms with Crippen LogP contribution in [0.15, 0.2) is 12.4 Å². The molecule has 0 radical (unpaired) electrons. The van der Waals surface area contributed by atoms with E-state index in [1.807, 2.05) is 6.07 Å². The largest absolute Gasteiger partial charge is 0.393 e. The molecule has 1 aromatic rings. The molecular weight excluding hydrogens is 204 g/mol. The van der Waals surface area contributed by atoms with Crippen LogP contribution in [0.25, 0.3) is 0 Å². The zero-order chi connectivity index (χ0) is 11.4. The number of nitrogens with zero attached hydrogens (tertiary/aromatic N) is 3. The van der Waals surface area contributed by atoms with Gasteiger partial charge in [-0.1, -0.05) is 0 Å². The van der Waals surface area contributed by atoms with Crippen molar-refractivity contribution >= 4 is 5.82 Å². The van der Waals surface area contributed by atoms with E-state index in [9.17, 15) is 5.11 Å². The lowest BCUT2D eigenvalue weighted by molar-refractivity contribution is 0.126. The molecule has 2 N–H and O–H groups in total. The third-order valence-corrected chi connectivity index (χ3v) is 2.82. The van der Waals surface area contributed by atoms with E-state index in [0.29, 0.717) is 17.6 Å². The molecule has 1 aliphatic rings. The average Bonchev–Trinajstić information content (AvgIpc) is 2.33. The summed E-state index contributed by atoms with van der Waals surface area (Å²) in [5.41, 5.74) is 0.324. The number of hydrogen-bond donors (Lipinski definition) is 2. The molecule has 5 heteroatoms. The molecule has 0 spiro atoms. The van der Waals surface area contributed by atoms with Crippen LogP contribution >= 0.6 is 0 Å². The number of aliphatic hydroxyl groups is 1. The normalized spacial score (nSPS) is 24.8. The number of nitrogens with one attached hydrogen (secondary N) is 1. The van der Waals surface area contributed by atoms with Crippen molar-refractivity contribution in [1.29, 1.82) is 5.26 Å². The third-order valence-electron chi connectivity index (χ3n) is 2.82. The molecule has 0 amide bonds. The summed E-state index contributed by atoms with van der Waals surface area (Å²) in [6.45, 7) is 0. The molecule has 84 valence electrons.